The number of unbranched alkanes of at least 4 members (excludes halogenated alkanes) is 23. The van der Waals surface area contributed by atoms with Gasteiger partial charge in [0.15, 0.2) is 0 Å². The first-order chi connectivity index (χ1) is 22.1. The second-order valence-corrected chi connectivity index (χ2v) is 13.3. The van der Waals surface area contributed by atoms with Crippen LogP contribution in [0.4, 0.5) is 0 Å². The third-order valence-electron chi connectivity index (χ3n) is 8.89. The normalized spacial score (nSPS) is 12.0. The number of hydrogen-bond acceptors (Lipinski definition) is 6. The van der Waals surface area contributed by atoms with Gasteiger partial charge in [0.05, 0.1) is 6.61 Å². The number of amides is 1. The molecule has 0 spiro atoms. The van der Waals surface area contributed by atoms with E-state index in [-0.39, 0.29) is 25.7 Å². The number of hydrogen-bond donors (Lipinski definition) is 2. The average Bonchev–Trinajstić information content (AvgIpc) is 3.04. The van der Waals surface area contributed by atoms with Crippen molar-refractivity contribution in [3.8, 4) is 0 Å². The molecule has 7 nitrogen and oxygen atoms in total. The van der Waals surface area contributed by atoms with E-state index in [4.69, 9.17) is 20.9 Å². The fraction of sp³-hybridized carbons (Fsp3) is 0.947. The van der Waals surface area contributed by atoms with Crippen LogP contribution < -0.4 is 11.5 Å². The van der Waals surface area contributed by atoms with E-state index in [1.807, 2.05) is 4.90 Å². The number of carbonyl (C=O) groups excluding carboxylic acids is 2. The molecule has 0 aromatic rings. The van der Waals surface area contributed by atoms with Crippen LogP contribution in [-0.4, -0.2) is 62.3 Å². The summed E-state index contributed by atoms with van der Waals surface area (Å²) < 4.78 is 10.8. The van der Waals surface area contributed by atoms with Crippen LogP contribution in [0, 0.1) is 0 Å². The van der Waals surface area contributed by atoms with E-state index in [1.165, 1.54) is 141 Å². The summed E-state index contributed by atoms with van der Waals surface area (Å²) in [5, 5.41) is 0. The van der Waals surface area contributed by atoms with E-state index >= 15 is 0 Å². The fourth-order valence-electron chi connectivity index (χ4n) is 5.83. The van der Waals surface area contributed by atoms with Crippen molar-refractivity contribution in [1.82, 2.24) is 4.90 Å². The zero-order chi connectivity index (χ0) is 33.1. The van der Waals surface area contributed by atoms with Crippen molar-refractivity contribution in [2.75, 3.05) is 39.5 Å². The first-order valence-corrected chi connectivity index (χ1v) is 19.5. The van der Waals surface area contributed by atoms with Gasteiger partial charge in [-0.15, -0.1) is 0 Å². The summed E-state index contributed by atoms with van der Waals surface area (Å²) in [4.78, 5) is 27.0. The molecule has 0 heterocycles. The molecule has 0 aromatic heterocycles. The van der Waals surface area contributed by atoms with Crippen molar-refractivity contribution in [1.29, 1.82) is 0 Å². The quantitative estimate of drug-likeness (QED) is 0.0523. The first-order valence-electron chi connectivity index (χ1n) is 19.5. The molecule has 0 rings (SSSR count). The Morgan fingerprint density at radius 2 is 0.956 bits per heavy atom. The van der Waals surface area contributed by atoms with Gasteiger partial charge in [0, 0.05) is 13.1 Å². The van der Waals surface area contributed by atoms with Gasteiger partial charge >= 0.3 is 5.97 Å². The van der Waals surface area contributed by atoms with Crippen molar-refractivity contribution in [3.05, 3.63) is 0 Å². The molecule has 45 heavy (non-hydrogen) atoms. The van der Waals surface area contributed by atoms with Crippen LogP contribution in [0.3, 0.4) is 0 Å². The molecule has 0 bridgehead atoms. The highest BCUT2D eigenvalue weighted by Crippen LogP contribution is 2.14. The van der Waals surface area contributed by atoms with Crippen molar-refractivity contribution in [2.45, 2.75) is 193 Å². The van der Waals surface area contributed by atoms with Crippen molar-refractivity contribution in [2.24, 2.45) is 11.5 Å². The Morgan fingerprint density at radius 3 is 1.36 bits per heavy atom. The highest BCUT2D eigenvalue weighted by Gasteiger charge is 2.16. The molecule has 268 valence electrons. The molecule has 0 radical (unpaired) electrons. The Kier molecular flexibility index (Phi) is 34.7. The number of nitrogens with two attached hydrogens (primary N) is 2. The van der Waals surface area contributed by atoms with Crippen LogP contribution in [0.5, 0.6) is 0 Å². The van der Waals surface area contributed by atoms with Crippen LogP contribution in [0.1, 0.15) is 187 Å². The van der Waals surface area contributed by atoms with Gasteiger partial charge in [-0.3, -0.25) is 9.59 Å². The summed E-state index contributed by atoms with van der Waals surface area (Å²) in [6.45, 7) is 7.13. The SMILES string of the molecule is CCCCCCCCCCCCCCN(CCCCCCCCCCCCCC)C(=O)COCCOC(=O)C(N)CCCCN. The van der Waals surface area contributed by atoms with E-state index in [0.717, 1.165) is 38.8 Å². The Bertz CT molecular complexity index is 606. The number of esters is 1. The molecule has 0 fully saturated rings. The largest absolute Gasteiger partial charge is 0.462 e. The molecule has 0 saturated carbocycles. The van der Waals surface area contributed by atoms with Gasteiger partial charge in [-0.05, 0) is 32.2 Å². The molecule has 1 atom stereocenters. The second-order valence-electron chi connectivity index (χ2n) is 13.3. The van der Waals surface area contributed by atoms with E-state index in [2.05, 4.69) is 13.8 Å². The maximum Gasteiger partial charge on any atom is 0.322 e. The molecule has 0 aromatic carbocycles. The minimum absolute atomic E-state index is 0.0383. The fourth-order valence-corrected chi connectivity index (χ4v) is 5.83. The third kappa shape index (κ3) is 31.2. The lowest BCUT2D eigenvalue weighted by atomic mass is 10.0. The number of nitrogens with zero attached hydrogens (tertiary/aromatic N) is 1. The third-order valence-corrected chi connectivity index (χ3v) is 8.89. The van der Waals surface area contributed by atoms with Crippen LogP contribution in [0.25, 0.3) is 0 Å². The standard InChI is InChI=1S/C38H77N3O4/c1-3-5-7-9-11-13-15-17-19-21-23-27-31-41(32-28-24-22-20-18-16-14-12-10-8-6-4-2)37(42)35-44-33-34-45-38(43)36(40)29-25-26-30-39/h36H,3-35,39-40H2,1-2H3. The van der Waals surface area contributed by atoms with Gasteiger partial charge in [-0.1, -0.05) is 162 Å². The first kappa shape index (κ1) is 43.8. The predicted molar refractivity (Wildman–Crippen MR) is 191 cm³/mol. The summed E-state index contributed by atoms with van der Waals surface area (Å²) >= 11 is 0. The van der Waals surface area contributed by atoms with E-state index in [0.29, 0.717) is 13.0 Å². The zero-order valence-corrected chi connectivity index (χ0v) is 30.1. The molecule has 0 aliphatic heterocycles. The minimum atomic E-state index is -0.625. The highest BCUT2D eigenvalue weighted by atomic mass is 16.6. The van der Waals surface area contributed by atoms with Gasteiger partial charge < -0.3 is 25.8 Å². The molecule has 0 aliphatic carbocycles. The summed E-state index contributed by atoms with van der Waals surface area (Å²) in [6, 6.07) is -0.625. The highest BCUT2D eigenvalue weighted by molar-refractivity contribution is 5.77. The Labute approximate surface area is 279 Å². The lowest BCUT2D eigenvalue weighted by Gasteiger charge is -2.23. The van der Waals surface area contributed by atoms with E-state index < -0.39 is 12.0 Å². The molecule has 0 saturated heterocycles. The Hall–Kier alpha value is -1.18. The van der Waals surface area contributed by atoms with Gasteiger partial charge in [0.1, 0.15) is 19.3 Å². The number of ether oxygens (including phenoxy) is 2. The maximum absolute atomic E-state index is 13.0. The van der Waals surface area contributed by atoms with Crippen molar-refractivity contribution < 1.29 is 19.1 Å². The zero-order valence-electron chi connectivity index (χ0n) is 30.1. The summed E-state index contributed by atoms with van der Waals surface area (Å²) in [6.07, 6.45) is 33.8. The van der Waals surface area contributed by atoms with E-state index in [9.17, 15) is 9.59 Å². The van der Waals surface area contributed by atoms with Crippen LogP contribution >= 0.6 is 0 Å². The van der Waals surface area contributed by atoms with Crippen LogP contribution in [0.2, 0.25) is 0 Å². The smallest absolute Gasteiger partial charge is 0.322 e. The van der Waals surface area contributed by atoms with Crippen LogP contribution in [0.15, 0.2) is 0 Å². The van der Waals surface area contributed by atoms with E-state index in [1.54, 1.807) is 0 Å². The monoisotopic (exact) mass is 640 g/mol. The maximum atomic E-state index is 13.0. The Morgan fingerprint density at radius 1 is 0.556 bits per heavy atom. The molecule has 1 unspecified atom stereocenters. The van der Waals surface area contributed by atoms with Crippen LogP contribution in [-0.2, 0) is 19.1 Å². The summed E-state index contributed by atoms with van der Waals surface area (Å²) in [5.41, 5.74) is 11.4. The molecular formula is C38H77N3O4. The lowest BCUT2D eigenvalue weighted by molar-refractivity contribution is -0.147. The molecule has 1 amide bonds. The minimum Gasteiger partial charge on any atom is -0.462 e. The molecule has 7 heteroatoms. The predicted octanol–water partition coefficient (Wildman–Crippen LogP) is 9.23. The van der Waals surface area contributed by atoms with Gasteiger partial charge in [-0.2, -0.15) is 0 Å². The lowest BCUT2D eigenvalue weighted by Crippen LogP contribution is -2.36. The summed E-state index contributed by atoms with van der Waals surface area (Å²) in [7, 11) is 0. The number of carbonyl (C=O) groups is 2. The van der Waals surface area contributed by atoms with Gasteiger partial charge in [0.25, 0.3) is 0 Å². The van der Waals surface area contributed by atoms with Gasteiger partial charge in [0.2, 0.25) is 5.91 Å². The topological polar surface area (TPSA) is 108 Å². The Balaban J connectivity index is 4.23. The molecule has 0 aliphatic rings. The van der Waals surface area contributed by atoms with Crippen molar-refractivity contribution >= 4 is 11.9 Å². The molecule has 4 N–H and O–H groups in total. The van der Waals surface area contributed by atoms with Gasteiger partial charge in [-0.25, -0.2) is 0 Å². The molecular weight excluding hydrogens is 562 g/mol. The number of rotatable bonds is 36. The van der Waals surface area contributed by atoms with Crippen molar-refractivity contribution in [3.63, 3.8) is 0 Å². The summed E-state index contributed by atoms with van der Waals surface area (Å²) in [5.74, 6) is -0.367. The second kappa shape index (κ2) is 35.7. The average molecular weight is 640 g/mol.